The molecule has 0 aromatic carbocycles. The van der Waals surface area contributed by atoms with Crippen LogP contribution in [0.1, 0.15) is 40.0 Å². The zero-order valence-corrected chi connectivity index (χ0v) is 14.2. The van der Waals surface area contributed by atoms with Crippen molar-refractivity contribution in [3.05, 3.63) is 0 Å². The van der Waals surface area contributed by atoms with Crippen molar-refractivity contribution in [2.24, 2.45) is 5.41 Å². The largest absolute Gasteiger partial charge is 0.394 e. The molecule has 130 valence electrons. The summed E-state index contributed by atoms with van der Waals surface area (Å²) in [4.78, 5) is 38.4. The number of carbonyl (C=O) groups excluding carboxylic acids is 3. The van der Waals surface area contributed by atoms with Crippen LogP contribution in [-0.2, 0) is 14.4 Å². The Morgan fingerprint density at radius 3 is 2.22 bits per heavy atom. The first-order valence-corrected chi connectivity index (χ1v) is 8.13. The number of nitrogens with one attached hydrogen (secondary N) is 1. The first-order valence-electron chi connectivity index (χ1n) is 8.13. The van der Waals surface area contributed by atoms with Gasteiger partial charge in [-0.05, 0) is 31.6 Å². The molecule has 2 N–H and O–H groups in total. The summed E-state index contributed by atoms with van der Waals surface area (Å²) in [7, 11) is 0. The third-order valence-electron chi connectivity index (χ3n) is 5.29. The first kappa shape index (κ1) is 17.7. The summed E-state index contributed by atoms with van der Waals surface area (Å²) >= 11 is 0. The molecule has 2 rings (SSSR count). The summed E-state index contributed by atoms with van der Waals surface area (Å²) in [6.07, 6.45) is 2.40. The van der Waals surface area contributed by atoms with Crippen LogP contribution >= 0.6 is 0 Å². The van der Waals surface area contributed by atoms with Crippen molar-refractivity contribution in [1.82, 2.24) is 15.1 Å². The Labute approximate surface area is 137 Å². The van der Waals surface area contributed by atoms with Crippen molar-refractivity contribution in [3.63, 3.8) is 0 Å². The van der Waals surface area contributed by atoms with Crippen molar-refractivity contribution < 1.29 is 19.5 Å². The van der Waals surface area contributed by atoms with E-state index in [0.29, 0.717) is 19.6 Å². The lowest BCUT2D eigenvalue weighted by atomic mass is 9.74. The van der Waals surface area contributed by atoms with Gasteiger partial charge in [0.05, 0.1) is 18.7 Å². The molecule has 1 spiro atoms. The highest BCUT2D eigenvalue weighted by Crippen LogP contribution is 2.47. The molecule has 0 bridgehead atoms. The van der Waals surface area contributed by atoms with Crippen LogP contribution in [0.2, 0.25) is 0 Å². The van der Waals surface area contributed by atoms with Gasteiger partial charge < -0.3 is 20.2 Å². The van der Waals surface area contributed by atoms with Gasteiger partial charge >= 0.3 is 0 Å². The number of nitrogens with zero attached hydrogens (tertiary/aromatic N) is 2. The van der Waals surface area contributed by atoms with Crippen LogP contribution in [0.15, 0.2) is 0 Å². The fraction of sp³-hybridized carbons (Fsp3) is 0.812. The van der Waals surface area contributed by atoms with Gasteiger partial charge in [0.25, 0.3) is 0 Å². The minimum Gasteiger partial charge on any atom is -0.394 e. The van der Waals surface area contributed by atoms with Gasteiger partial charge in [-0.15, -0.1) is 0 Å². The highest BCUT2D eigenvalue weighted by molar-refractivity contribution is 5.83. The molecule has 3 amide bonds. The highest BCUT2D eigenvalue weighted by Gasteiger charge is 2.52. The lowest BCUT2D eigenvalue weighted by molar-refractivity contribution is -0.135. The van der Waals surface area contributed by atoms with Crippen molar-refractivity contribution >= 4 is 17.7 Å². The van der Waals surface area contributed by atoms with Gasteiger partial charge in [0.15, 0.2) is 0 Å². The zero-order valence-electron chi connectivity index (χ0n) is 14.2. The molecule has 7 nitrogen and oxygen atoms in total. The number of piperidine rings is 1. The molecule has 2 heterocycles. The van der Waals surface area contributed by atoms with E-state index in [0.717, 1.165) is 19.3 Å². The van der Waals surface area contributed by atoms with Crippen molar-refractivity contribution in [1.29, 1.82) is 0 Å². The molecular weight excluding hydrogens is 298 g/mol. The predicted octanol–water partition coefficient (Wildman–Crippen LogP) is -0.265. The summed E-state index contributed by atoms with van der Waals surface area (Å²) in [5.41, 5.74) is -0.526. The van der Waals surface area contributed by atoms with Gasteiger partial charge in [-0.3, -0.25) is 14.4 Å². The predicted molar refractivity (Wildman–Crippen MR) is 84.4 cm³/mol. The van der Waals surface area contributed by atoms with E-state index in [1.807, 2.05) is 6.92 Å². The number of hydrogen-bond acceptors (Lipinski definition) is 4. The molecule has 1 atom stereocenters. The Morgan fingerprint density at radius 2 is 1.78 bits per heavy atom. The third-order valence-corrected chi connectivity index (χ3v) is 5.29. The van der Waals surface area contributed by atoms with Gasteiger partial charge in [-0.2, -0.15) is 0 Å². The molecular formula is C16H27N3O4. The summed E-state index contributed by atoms with van der Waals surface area (Å²) in [5.74, 6) is -0.289. The number of carbonyl (C=O) groups is 3. The maximum absolute atomic E-state index is 12.1. The van der Waals surface area contributed by atoms with Gasteiger partial charge in [-0.25, -0.2) is 0 Å². The second kappa shape index (κ2) is 6.47. The van der Waals surface area contributed by atoms with E-state index < -0.39 is 5.54 Å². The number of hydrogen-bond donors (Lipinski definition) is 2. The smallest absolute Gasteiger partial charge is 0.241 e. The standard InChI is InChI=1S/C16H27N3O4/c1-12(21)17-8-14(23)18-6-4-16(5-7-18)9-15(3,11-20)19(10-16)13(2)22/h20H,4-11H2,1-3H3,(H,17,21)/t15-/m0/s1. The molecule has 0 aromatic rings. The van der Waals surface area contributed by atoms with Gasteiger partial charge in [0.1, 0.15) is 0 Å². The number of amides is 3. The van der Waals surface area contributed by atoms with Crippen LogP contribution in [-0.4, -0.2) is 71.0 Å². The summed E-state index contributed by atoms with van der Waals surface area (Å²) in [6.45, 7) is 6.76. The summed E-state index contributed by atoms with van der Waals surface area (Å²) in [5, 5.41) is 12.3. The number of aliphatic hydroxyl groups is 1. The van der Waals surface area contributed by atoms with Gasteiger partial charge in [-0.1, -0.05) is 0 Å². The lowest BCUT2D eigenvalue weighted by Crippen LogP contribution is -2.47. The number of likely N-dealkylation sites (tertiary alicyclic amines) is 2. The molecule has 0 saturated carbocycles. The maximum Gasteiger partial charge on any atom is 0.241 e. The highest BCUT2D eigenvalue weighted by atomic mass is 16.3. The van der Waals surface area contributed by atoms with E-state index in [-0.39, 0.29) is 36.3 Å². The topological polar surface area (TPSA) is 90.0 Å². The summed E-state index contributed by atoms with van der Waals surface area (Å²) < 4.78 is 0. The fourth-order valence-electron chi connectivity index (χ4n) is 4.00. The summed E-state index contributed by atoms with van der Waals surface area (Å²) in [6, 6.07) is 0. The molecule has 2 aliphatic rings. The Kier molecular flexibility index (Phi) is 4.98. The molecule has 2 saturated heterocycles. The Hall–Kier alpha value is -1.63. The molecule has 0 unspecified atom stereocenters. The van der Waals surface area contributed by atoms with Gasteiger partial charge in [0.2, 0.25) is 17.7 Å². The molecule has 0 radical (unpaired) electrons. The average Bonchev–Trinajstić information content (AvgIpc) is 2.79. The van der Waals surface area contributed by atoms with Crippen molar-refractivity contribution in [3.8, 4) is 0 Å². The van der Waals surface area contributed by atoms with Crippen molar-refractivity contribution in [2.45, 2.75) is 45.6 Å². The van der Waals surface area contributed by atoms with E-state index in [1.54, 1.807) is 16.7 Å². The maximum atomic E-state index is 12.1. The molecule has 2 fully saturated rings. The Morgan fingerprint density at radius 1 is 1.17 bits per heavy atom. The van der Waals surface area contributed by atoms with Crippen LogP contribution in [0, 0.1) is 5.41 Å². The van der Waals surface area contributed by atoms with Crippen molar-refractivity contribution in [2.75, 3.05) is 32.8 Å². The SMILES string of the molecule is CC(=O)NCC(=O)N1CCC2(CC1)CN(C(C)=O)[C@](C)(CO)C2. The molecule has 7 heteroatoms. The second-order valence-electron chi connectivity index (χ2n) is 7.23. The van der Waals surface area contributed by atoms with Gasteiger partial charge in [0, 0.05) is 33.5 Å². The van der Waals surface area contributed by atoms with E-state index in [9.17, 15) is 19.5 Å². The minimum absolute atomic E-state index is 0.0115. The normalized spacial score (nSPS) is 26.4. The fourth-order valence-corrected chi connectivity index (χ4v) is 4.00. The zero-order chi connectivity index (χ0) is 17.3. The molecule has 0 aliphatic carbocycles. The van der Waals surface area contributed by atoms with E-state index in [1.165, 1.54) is 6.92 Å². The Bertz CT molecular complexity index is 500. The number of aliphatic hydroxyl groups excluding tert-OH is 1. The second-order valence-corrected chi connectivity index (χ2v) is 7.23. The Balaban J connectivity index is 1.97. The molecule has 2 aliphatic heterocycles. The quantitative estimate of drug-likeness (QED) is 0.748. The van der Waals surface area contributed by atoms with E-state index >= 15 is 0 Å². The van der Waals surface area contributed by atoms with Crippen LogP contribution < -0.4 is 5.32 Å². The molecule has 23 heavy (non-hydrogen) atoms. The average molecular weight is 325 g/mol. The van der Waals surface area contributed by atoms with E-state index in [2.05, 4.69) is 5.32 Å². The van der Waals surface area contributed by atoms with Crippen LogP contribution in [0.25, 0.3) is 0 Å². The minimum atomic E-state index is -0.506. The first-order chi connectivity index (χ1) is 10.7. The van der Waals surface area contributed by atoms with E-state index in [4.69, 9.17) is 0 Å². The molecule has 0 aromatic heterocycles. The van der Waals surface area contributed by atoms with Crippen LogP contribution in [0.4, 0.5) is 0 Å². The van der Waals surface area contributed by atoms with Crippen LogP contribution in [0.3, 0.4) is 0 Å². The third kappa shape index (κ3) is 3.65. The monoisotopic (exact) mass is 325 g/mol. The lowest BCUT2D eigenvalue weighted by Gasteiger charge is -2.39. The van der Waals surface area contributed by atoms with Crippen LogP contribution in [0.5, 0.6) is 0 Å². The number of rotatable bonds is 3.